The maximum absolute atomic E-state index is 13.6. The molecule has 1 fully saturated rings. The van der Waals surface area contributed by atoms with Crippen molar-refractivity contribution in [3.63, 3.8) is 0 Å². The van der Waals surface area contributed by atoms with Crippen LogP contribution >= 0.6 is 0 Å². The Morgan fingerprint density at radius 3 is 2.40 bits per heavy atom. The Hall–Kier alpha value is -3.53. The van der Waals surface area contributed by atoms with E-state index in [2.05, 4.69) is 81.4 Å². The van der Waals surface area contributed by atoms with E-state index in [1.807, 2.05) is 18.3 Å². The number of nitrogens with one attached hydrogen (secondary N) is 2. The van der Waals surface area contributed by atoms with Crippen LogP contribution in [0.5, 0.6) is 0 Å². The molecule has 9 nitrogen and oxygen atoms in total. The summed E-state index contributed by atoms with van der Waals surface area (Å²) >= 11 is 0. The minimum Gasteiger partial charge on any atom is -0.362 e. The van der Waals surface area contributed by atoms with E-state index in [-0.39, 0.29) is 33.0 Å². The van der Waals surface area contributed by atoms with Gasteiger partial charge in [-0.25, -0.2) is 14.7 Å². The molecule has 3 aromatic heterocycles. The van der Waals surface area contributed by atoms with E-state index >= 15 is 0 Å². The van der Waals surface area contributed by atoms with Crippen molar-refractivity contribution >= 4 is 27.6 Å². The summed E-state index contributed by atoms with van der Waals surface area (Å²) in [5, 5.41) is 3.24. The highest BCUT2D eigenvalue weighted by Crippen LogP contribution is 2.41. The second-order valence-electron chi connectivity index (χ2n) is 14.6. The number of aromatic nitrogens is 3. The number of nitrogens with zero attached hydrogens (tertiary/aromatic N) is 4. The zero-order chi connectivity index (χ0) is 31.4. The molecule has 0 aliphatic carbocycles. The van der Waals surface area contributed by atoms with Crippen LogP contribution in [0.25, 0.3) is 0 Å². The quantitative estimate of drug-likeness (QED) is 0.340. The molecule has 10 heteroatoms. The highest BCUT2D eigenvalue weighted by molar-refractivity contribution is 7.90. The van der Waals surface area contributed by atoms with Crippen molar-refractivity contribution < 1.29 is 13.2 Å². The normalized spacial score (nSPS) is 22.0. The molecule has 0 radical (unpaired) electrons. The number of rotatable bonds is 1. The van der Waals surface area contributed by atoms with Crippen molar-refractivity contribution in [3.05, 3.63) is 71.2 Å². The molecule has 0 saturated carbocycles. The SMILES string of the molecule is CC(C)(C)c1ccnc(C2CC[C@@H]3CN(c4nc(C(C)(C)C)ccc4C(=O)NS(=O)(=O)c4cccc(n4)N2)C(C)(C)C3)c1. The second kappa shape index (κ2) is 10.9. The summed E-state index contributed by atoms with van der Waals surface area (Å²) < 4.78 is 29.2. The average Bonchev–Trinajstić information content (AvgIpc) is 3.23. The van der Waals surface area contributed by atoms with Gasteiger partial charge in [0.05, 0.1) is 17.3 Å². The predicted octanol–water partition coefficient (Wildman–Crippen LogP) is 6.14. The first-order chi connectivity index (χ1) is 19.9. The number of hydrogen-bond donors (Lipinski definition) is 2. The molecule has 2 atom stereocenters. The first-order valence-electron chi connectivity index (χ1n) is 15.0. The smallest absolute Gasteiger partial charge is 0.281 e. The Labute approximate surface area is 256 Å². The molecule has 0 spiro atoms. The zero-order valence-corrected chi connectivity index (χ0v) is 27.3. The van der Waals surface area contributed by atoms with Crippen LogP contribution in [0, 0.1) is 5.92 Å². The lowest BCUT2D eigenvalue weighted by molar-refractivity contribution is 0.0981. The van der Waals surface area contributed by atoms with Crippen LogP contribution < -0.4 is 14.9 Å². The number of carbonyl (C=O) groups is 1. The van der Waals surface area contributed by atoms with Crippen LogP contribution in [0.1, 0.15) is 108 Å². The first kappa shape index (κ1) is 30.9. The summed E-state index contributed by atoms with van der Waals surface area (Å²) in [6.07, 6.45) is 4.42. The summed E-state index contributed by atoms with van der Waals surface area (Å²) in [6.45, 7) is 17.8. The molecule has 0 aromatic carbocycles. The maximum Gasteiger partial charge on any atom is 0.281 e. The fourth-order valence-corrected chi connectivity index (χ4v) is 6.99. The molecule has 1 amide bonds. The maximum atomic E-state index is 13.6. The second-order valence-corrected chi connectivity index (χ2v) is 16.2. The van der Waals surface area contributed by atoms with Crippen LogP contribution in [-0.4, -0.2) is 41.4 Å². The minimum atomic E-state index is -4.27. The highest BCUT2D eigenvalue weighted by Gasteiger charge is 2.41. The minimum absolute atomic E-state index is 0.0514. The van der Waals surface area contributed by atoms with Crippen LogP contribution in [0.2, 0.25) is 0 Å². The van der Waals surface area contributed by atoms with E-state index in [1.165, 1.54) is 11.6 Å². The van der Waals surface area contributed by atoms with Gasteiger partial charge in [-0.15, -0.1) is 0 Å². The van der Waals surface area contributed by atoms with Gasteiger partial charge in [-0.05, 0) is 86.4 Å². The zero-order valence-electron chi connectivity index (χ0n) is 26.5. The number of anilines is 2. The van der Waals surface area contributed by atoms with Gasteiger partial charge in [-0.1, -0.05) is 47.6 Å². The lowest BCUT2D eigenvalue weighted by Gasteiger charge is -2.34. The van der Waals surface area contributed by atoms with Gasteiger partial charge < -0.3 is 10.2 Å². The lowest BCUT2D eigenvalue weighted by Crippen LogP contribution is -2.41. The third-order valence-electron chi connectivity index (χ3n) is 8.52. The Morgan fingerprint density at radius 2 is 1.70 bits per heavy atom. The van der Waals surface area contributed by atoms with Crippen LogP contribution in [0.4, 0.5) is 11.6 Å². The van der Waals surface area contributed by atoms with E-state index in [9.17, 15) is 13.2 Å². The number of fused-ring (bicyclic) bond motifs is 6. The number of amides is 1. The summed E-state index contributed by atoms with van der Waals surface area (Å²) in [4.78, 5) is 30.0. The van der Waals surface area contributed by atoms with Crippen molar-refractivity contribution in [1.29, 1.82) is 0 Å². The van der Waals surface area contributed by atoms with Crippen molar-refractivity contribution in [3.8, 4) is 0 Å². The Morgan fingerprint density at radius 1 is 0.953 bits per heavy atom. The number of sulfonamides is 1. The summed E-state index contributed by atoms with van der Waals surface area (Å²) in [5.74, 6) is 0.523. The third-order valence-corrected chi connectivity index (χ3v) is 9.75. The van der Waals surface area contributed by atoms with Crippen LogP contribution in [-0.2, 0) is 20.9 Å². The van der Waals surface area contributed by atoms with Gasteiger partial charge in [-0.3, -0.25) is 9.78 Å². The topological polar surface area (TPSA) is 117 Å². The van der Waals surface area contributed by atoms with Gasteiger partial charge in [0.15, 0.2) is 5.03 Å². The molecule has 43 heavy (non-hydrogen) atoms. The summed E-state index contributed by atoms with van der Waals surface area (Å²) in [6, 6.07) is 12.3. The molecule has 1 saturated heterocycles. The van der Waals surface area contributed by atoms with Gasteiger partial charge in [-0.2, -0.15) is 8.42 Å². The lowest BCUT2D eigenvalue weighted by atomic mass is 9.86. The van der Waals surface area contributed by atoms with Gasteiger partial charge >= 0.3 is 0 Å². The molecule has 2 aliphatic rings. The van der Waals surface area contributed by atoms with Crippen molar-refractivity contribution in [2.45, 2.75) is 102 Å². The molecule has 1 unspecified atom stereocenters. The summed E-state index contributed by atoms with van der Waals surface area (Å²) in [5.41, 5.74) is 2.53. The van der Waals surface area contributed by atoms with Crippen molar-refractivity contribution in [2.75, 3.05) is 16.8 Å². The molecular formula is C33H44N6O3S. The molecule has 5 heterocycles. The van der Waals surface area contributed by atoms with Crippen LogP contribution in [0.3, 0.4) is 0 Å². The predicted molar refractivity (Wildman–Crippen MR) is 170 cm³/mol. The number of pyridine rings is 3. The standard InChI is InChI=1S/C33H44N6O3S/c1-31(2,3)22-16-17-34-25(18-22)24-14-12-21-19-33(7,8)39(20-21)29-23(13-15-26(36-29)32(4,5)6)30(40)38-43(41,42)28-11-9-10-27(35-24)37-28/h9-11,13,15-18,21,24H,12,14,19-20H2,1-8H3,(H,35,37)(H,38,40)/t21-,24?/m0/s1. The van der Waals surface area contributed by atoms with Crippen molar-refractivity contribution in [2.24, 2.45) is 5.92 Å². The molecular weight excluding hydrogens is 560 g/mol. The van der Waals surface area contributed by atoms with E-state index in [4.69, 9.17) is 9.97 Å². The molecule has 4 bridgehead atoms. The van der Waals surface area contributed by atoms with E-state index in [0.717, 1.165) is 30.7 Å². The van der Waals surface area contributed by atoms with Gasteiger partial charge in [0.2, 0.25) is 0 Å². The molecule has 3 aromatic rings. The first-order valence-corrected chi connectivity index (χ1v) is 16.5. The Bertz CT molecular complexity index is 1640. The monoisotopic (exact) mass is 604 g/mol. The van der Waals surface area contributed by atoms with E-state index in [1.54, 1.807) is 18.2 Å². The number of carbonyl (C=O) groups excluding carboxylic acids is 1. The molecule has 5 rings (SSSR count). The largest absolute Gasteiger partial charge is 0.362 e. The molecule has 2 N–H and O–H groups in total. The number of hydrogen-bond acceptors (Lipinski definition) is 8. The Balaban J connectivity index is 1.62. The third kappa shape index (κ3) is 6.54. The van der Waals surface area contributed by atoms with Gasteiger partial charge in [0.1, 0.15) is 11.6 Å². The highest BCUT2D eigenvalue weighted by atomic mass is 32.2. The van der Waals surface area contributed by atoms with Crippen molar-refractivity contribution in [1.82, 2.24) is 19.7 Å². The summed E-state index contributed by atoms with van der Waals surface area (Å²) in [7, 11) is -4.27. The molecule has 2 aliphatic heterocycles. The van der Waals surface area contributed by atoms with Gasteiger partial charge in [0, 0.05) is 29.4 Å². The van der Waals surface area contributed by atoms with Crippen LogP contribution in [0.15, 0.2) is 53.7 Å². The fraction of sp³-hybridized carbons (Fsp3) is 0.515. The molecule has 230 valence electrons. The Kier molecular flexibility index (Phi) is 7.82. The average molecular weight is 605 g/mol. The van der Waals surface area contributed by atoms with E-state index < -0.39 is 15.9 Å². The van der Waals surface area contributed by atoms with Gasteiger partial charge in [0.25, 0.3) is 15.9 Å². The fourth-order valence-electron chi connectivity index (χ4n) is 6.06. The van der Waals surface area contributed by atoms with E-state index in [0.29, 0.717) is 24.1 Å².